The summed E-state index contributed by atoms with van der Waals surface area (Å²) >= 11 is 1.19. The van der Waals surface area contributed by atoms with E-state index in [0.717, 1.165) is 0 Å². The molecule has 7 heteroatoms. The molecule has 0 heterocycles. The van der Waals surface area contributed by atoms with Crippen LogP contribution in [-0.4, -0.2) is 16.8 Å². The number of amidine groups is 1. The van der Waals surface area contributed by atoms with Crippen molar-refractivity contribution in [1.29, 1.82) is 0 Å². The average Bonchev–Trinajstić information content (AvgIpc) is 2.28. The van der Waals surface area contributed by atoms with Crippen LogP contribution in [0.5, 0.6) is 0 Å². The predicted molar refractivity (Wildman–Crippen MR) is 67.9 cm³/mol. The molecule has 0 aliphatic rings. The van der Waals surface area contributed by atoms with Crippen LogP contribution >= 0.6 is 11.8 Å². The van der Waals surface area contributed by atoms with Crippen molar-refractivity contribution in [1.82, 2.24) is 0 Å². The van der Waals surface area contributed by atoms with E-state index in [0.29, 0.717) is 11.4 Å². The number of benzene rings is 1. The van der Waals surface area contributed by atoms with Gasteiger partial charge in [-0.1, -0.05) is 17.8 Å². The van der Waals surface area contributed by atoms with E-state index in [1.54, 1.807) is 6.07 Å². The number of halogens is 1. The summed E-state index contributed by atoms with van der Waals surface area (Å²) in [5.41, 5.74) is 5.77. The lowest BCUT2D eigenvalue weighted by Crippen LogP contribution is -2.15. The van der Waals surface area contributed by atoms with Crippen LogP contribution in [0.4, 0.5) is 10.1 Å². The van der Waals surface area contributed by atoms with Crippen molar-refractivity contribution in [2.75, 3.05) is 11.1 Å². The lowest BCUT2D eigenvalue weighted by Gasteiger charge is -2.04. The second-order valence-corrected chi connectivity index (χ2v) is 4.24. The molecule has 0 aromatic heterocycles. The number of nitrogens with zero attached hydrogens (tertiary/aromatic N) is 1. The third-order valence-electron chi connectivity index (χ3n) is 1.81. The molecule has 0 radical (unpaired) electrons. The molecule has 92 valence electrons. The minimum Gasteiger partial charge on any atom is -0.377 e. The Kier molecular flexibility index (Phi) is 5.28. The van der Waals surface area contributed by atoms with Crippen LogP contribution < -0.4 is 16.9 Å². The second kappa shape index (κ2) is 6.74. The molecule has 0 spiro atoms. The molecule has 1 aromatic rings. The third kappa shape index (κ3) is 5.21. The lowest BCUT2D eigenvalue weighted by atomic mass is 10.3. The summed E-state index contributed by atoms with van der Waals surface area (Å²) in [6.07, 6.45) is 0.247. The Morgan fingerprint density at radius 3 is 2.94 bits per heavy atom. The monoisotopic (exact) mass is 256 g/mol. The van der Waals surface area contributed by atoms with E-state index < -0.39 is 5.82 Å². The van der Waals surface area contributed by atoms with Crippen molar-refractivity contribution in [3.05, 3.63) is 30.1 Å². The Balaban J connectivity index is 2.35. The number of anilines is 1. The smallest absolute Gasteiger partial charge is 0.225 e. The zero-order valence-electron chi connectivity index (χ0n) is 9.02. The summed E-state index contributed by atoms with van der Waals surface area (Å²) in [6, 6.07) is 5.70. The molecule has 0 fully saturated rings. The van der Waals surface area contributed by atoms with Gasteiger partial charge in [0.1, 0.15) is 5.82 Å². The number of hydrogen-bond donors (Lipinski definition) is 3. The van der Waals surface area contributed by atoms with Gasteiger partial charge in [0.25, 0.3) is 0 Å². The highest BCUT2D eigenvalue weighted by molar-refractivity contribution is 8.13. The number of hydrazone groups is 1. The van der Waals surface area contributed by atoms with E-state index in [1.807, 2.05) is 0 Å². The summed E-state index contributed by atoms with van der Waals surface area (Å²) in [5.74, 6) is 4.79. The average molecular weight is 256 g/mol. The third-order valence-corrected chi connectivity index (χ3v) is 2.62. The van der Waals surface area contributed by atoms with Gasteiger partial charge in [-0.15, -0.1) is 0 Å². The van der Waals surface area contributed by atoms with Gasteiger partial charge in [0, 0.05) is 17.9 Å². The Hall–Kier alpha value is -1.76. The number of carbonyl (C=O) groups is 1. The van der Waals surface area contributed by atoms with Gasteiger partial charge in [-0.25, -0.2) is 4.39 Å². The van der Waals surface area contributed by atoms with Gasteiger partial charge in [0.15, 0.2) is 5.17 Å². The summed E-state index contributed by atoms with van der Waals surface area (Å²) in [4.78, 5) is 11.4. The van der Waals surface area contributed by atoms with Gasteiger partial charge in [0.2, 0.25) is 5.91 Å². The Labute approximate surface area is 102 Å². The molecular formula is C10H13FN4OS. The maximum absolute atomic E-state index is 12.8. The fourth-order valence-corrected chi connectivity index (χ4v) is 1.65. The number of nitrogens with two attached hydrogens (primary N) is 2. The highest BCUT2D eigenvalue weighted by Gasteiger charge is 2.04. The van der Waals surface area contributed by atoms with E-state index in [2.05, 4.69) is 10.4 Å². The Bertz CT molecular complexity index is 425. The minimum atomic E-state index is -0.392. The molecule has 0 aliphatic carbocycles. The molecule has 0 saturated heterocycles. The Morgan fingerprint density at radius 2 is 2.29 bits per heavy atom. The van der Waals surface area contributed by atoms with Crippen LogP contribution in [0.2, 0.25) is 0 Å². The van der Waals surface area contributed by atoms with Crippen LogP contribution in [0.1, 0.15) is 6.42 Å². The van der Waals surface area contributed by atoms with E-state index >= 15 is 0 Å². The SMILES string of the molecule is NN=C(N)SCCC(=O)Nc1cccc(F)c1. The zero-order chi connectivity index (χ0) is 12.7. The number of hydrogen-bond acceptors (Lipinski definition) is 4. The number of nitrogens with one attached hydrogen (secondary N) is 1. The molecule has 0 unspecified atom stereocenters. The molecule has 0 aliphatic heterocycles. The minimum absolute atomic E-state index is 0.215. The number of carbonyl (C=O) groups excluding carboxylic acids is 1. The standard InChI is InChI=1S/C10H13FN4OS/c11-7-2-1-3-8(6-7)14-9(16)4-5-17-10(12)15-13/h1-3,6H,4-5,13H2,(H2,12,15)(H,14,16). The first kappa shape index (κ1) is 13.3. The van der Waals surface area contributed by atoms with Gasteiger partial charge < -0.3 is 16.9 Å². The molecular weight excluding hydrogens is 243 g/mol. The highest BCUT2D eigenvalue weighted by Crippen LogP contribution is 2.10. The maximum atomic E-state index is 12.8. The number of rotatable bonds is 4. The highest BCUT2D eigenvalue weighted by atomic mass is 32.2. The molecule has 17 heavy (non-hydrogen) atoms. The van der Waals surface area contributed by atoms with Gasteiger partial charge in [-0.2, -0.15) is 5.10 Å². The van der Waals surface area contributed by atoms with Gasteiger partial charge >= 0.3 is 0 Å². The van der Waals surface area contributed by atoms with Crippen molar-refractivity contribution < 1.29 is 9.18 Å². The predicted octanol–water partition coefficient (Wildman–Crippen LogP) is 1.08. The summed E-state index contributed by atoms with van der Waals surface area (Å²) in [5, 5.41) is 6.05. The molecule has 1 aromatic carbocycles. The van der Waals surface area contributed by atoms with Crippen LogP contribution in [0.3, 0.4) is 0 Å². The van der Waals surface area contributed by atoms with Crippen molar-refractivity contribution >= 4 is 28.5 Å². The maximum Gasteiger partial charge on any atom is 0.225 e. The van der Waals surface area contributed by atoms with Crippen molar-refractivity contribution in [2.45, 2.75) is 6.42 Å². The largest absolute Gasteiger partial charge is 0.377 e. The van der Waals surface area contributed by atoms with E-state index in [9.17, 15) is 9.18 Å². The van der Waals surface area contributed by atoms with Crippen LogP contribution in [-0.2, 0) is 4.79 Å². The summed E-state index contributed by atoms with van der Waals surface area (Å²) in [6.45, 7) is 0. The fourth-order valence-electron chi connectivity index (χ4n) is 1.08. The van der Waals surface area contributed by atoms with Crippen molar-refractivity contribution in [3.63, 3.8) is 0 Å². The van der Waals surface area contributed by atoms with Crippen LogP contribution in [0, 0.1) is 5.82 Å². The molecule has 1 amide bonds. The second-order valence-electron chi connectivity index (χ2n) is 3.12. The summed E-state index contributed by atoms with van der Waals surface area (Å²) in [7, 11) is 0. The molecule has 0 bridgehead atoms. The van der Waals surface area contributed by atoms with E-state index in [1.165, 1.54) is 30.0 Å². The zero-order valence-corrected chi connectivity index (χ0v) is 9.84. The lowest BCUT2D eigenvalue weighted by molar-refractivity contribution is -0.115. The quantitative estimate of drug-likeness (QED) is 0.325. The first-order valence-corrected chi connectivity index (χ1v) is 5.82. The molecule has 1 rings (SSSR count). The van der Waals surface area contributed by atoms with Gasteiger partial charge in [-0.05, 0) is 18.2 Å². The molecule has 5 N–H and O–H groups in total. The van der Waals surface area contributed by atoms with Crippen molar-refractivity contribution in [2.24, 2.45) is 16.7 Å². The van der Waals surface area contributed by atoms with E-state index in [-0.39, 0.29) is 17.5 Å². The first-order chi connectivity index (χ1) is 8.11. The molecule has 5 nitrogen and oxygen atoms in total. The van der Waals surface area contributed by atoms with Gasteiger partial charge in [0.05, 0.1) is 0 Å². The van der Waals surface area contributed by atoms with Crippen LogP contribution in [0.15, 0.2) is 29.4 Å². The van der Waals surface area contributed by atoms with Crippen LogP contribution in [0.25, 0.3) is 0 Å². The van der Waals surface area contributed by atoms with E-state index in [4.69, 9.17) is 11.6 Å². The Morgan fingerprint density at radius 1 is 1.53 bits per heavy atom. The first-order valence-electron chi connectivity index (χ1n) is 4.83. The normalized spacial score (nSPS) is 11.2. The van der Waals surface area contributed by atoms with Crippen molar-refractivity contribution in [3.8, 4) is 0 Å². The molecule has 0 saturated carbocycles. The fraction of sp³-hybridized carbons (Fsp3) is 0.200. The topological polar surface area (TPSA) is 93.5 Å². The number of amides is 1. The van der Waals surface area contributed by atoms with Gasteiger partial charge in [-0.3, -0.25) is 4.79 Å². The number of thioether (sulfide) groups is 1. The summed E-state index contributed by atoms with van der Waals surface area (Å²) < 4.78 is 12.8. The molecule has 0 atom stereocenters.